The molecule has 1 saturated heterocycles. The van der Waals surface area contributed by atoms with Gasteiger partial charge >= 0.3 is 0 Å². The van der Waals surface area contributed by atoms with Gasteiger partial charge in [-0.1, -0.05) is 149 Å². The molecule has 0 amide bonds. The Morgan fingerprint density at radius 2 is 0.716 bits per heavy atom. The van der Waals surface area contributed by atoms with Gasteiger partial charge in [-0.05, 0) is 376 Å². The monoisotopic (exact) mass is 1310 g/mol. The summed E-state index contributed by atoms with van der Waals surface area (Å²) >= 11 is 0. The van der Waals surface area contributed by atoms with Crippen LogP contribution >= 0.6 is 0 Å². The molecule has 2 unspecified atom stereocenters. The van der Waals surface area contributed by atoms with Gasteiger partial charge in [-0.3, -0.25) is 0 Å². The summed E-state index contributed by atoms with van der Waals surface area (Å²) in [5.41, 5.74) is 8.14. The van der Waals surface area contributed by atoms with E-state index in [9.17, 15) is 20.4 Å². The molecular weight excluding hydrogens is 1160 g/mol. The van der Waals surface area contributed by atoms with E-state index in [4.69, 9.17) is 4.74 Å². The van der Waals surface area contributed by atoms with Gasteiger partial charge in [0.05, 0.1) is 31.0 Å². The van der Waals surface area contributed by atoms with Crippen molar-refractivity contribution in [2.45, 2.75) is 356 Å². The van der Waals surface area contributed by atoms with Crippen molar-refractivity contribution in [2.75, 3.05) is 13.2 Å². The first-order chi connectivity index (χ1) is 44.0. The standard InChI is InChI=1S/2C30H50O2.C30H50O/c1-25(2)14-16-30-17-15-28(6)19(23(30)24(25)32-18-30)8-9-21-27(5)12-11-22(31)26(3,4)20(27)10-13-29(21,28)7;1-19(2)20-10-15-30(18-31)17-16-28(6)21(25(20)30)8-9-23-27(5)13-12-24(32)26(3,4)22(27)11-14-29(23,28)7;1-19(2)20-11-14-27(5)17-18-29(7)21(25(20)27)9-10-23-28(6)15-13-24(31)26(3,4)22(28)12-16-30(23,29)8/h19-24,31H,8-18H2,1-7H3;20-25,31-32H,1,8-18H2,2-7H3;20-25,31H,1,9-18H2,2-8H3/t19-,20+,21-,22+,23+,24?,27+,28-,29-,30?;20-,21+,22-,23+,24-,25+,27-,28+,29+,30+;20-,21+,22-,23+,24-,25+,27+,28-,29+,30+/m100/s1. The summed E-state index contributed by atoms with van der Waals surface area (Å²) in [6.07, 6.45) is 39.3. The van der Waals surface area contributed by atoms with Gasteiger partial charge in [0.15, 0.2) is 0 Å². The van der Waals surface area contributed by atoms with Crippen LogP contribution in [0.25, 0.3) is 0 Å². The number of fused-ring (bicyclic) bond motifs is 19. The summed E-state index contributed by atoms with van der Waals surface area (Å²) in [5, 5.41) is 43.4. The minimum atomic E-state index is -0.147. The Hall–Kier alpha value is -0.720. The Balaban J connectivity index is 0.000000123. The van der Waals surface area contributed by atoms with Crippen LogP contribution in [0.15, 0.2) is 24.3 Å². The Kier molecular flexibility index (Phi) is 16.8. The molecule has 16 rings (SSSR count). The SMILES string of the molecule is C=C(C)[C@@H]1CC[C@]2(C)CC[C@]3(C)[C@H](CC[C@@H]4[C@@]5(C)CC[C@H](O)C(C)(C)[C@@H]5CC[C@]43C)[C@@H]12.C=C(C)[C@@H]1CC[C@]2(CO)CC[C@]3(C)[C@H](CC[C@@H]4[C@@]5(C)CC[C@H](O)C(C)(C)[C@@H]5CC[C@]43C)[C@@H]12.CC1(C)CCC23CC[C@]4(C)[C@H](CC[C@@H]5[C@@]6(C)CC[C@H](O)C(C)(C)[C@@H]6CC[C@]54C)[C@H]2C1OC3. The first-order valence-corrected chi connectivity index (χ1v) is 41.6. The van der Waals surface area contributed by atoms with Crippen molar-refractivity contribution in [2.24, 2.45) is 169 Å². The first-order valence-electron chi connectivity index (χ1n) is 41.6. The Bertz CT molecular complexity index is 2970. The zero-order valence-corrected chi connectivity index (χ0v) is 65.6. The van der Waals surface area contributed by atoms with Crippen LogP contribution in [0.1, 0.15) is 331 Å². The van der Waals surface area contributed by atoms with Gasteiger partial charge in [0.25, 0.3) is 0 Å². The second-order valence-corrected chi connectivity index (χ2v) is 45.0. The topological polar surface area (TPSA) is 90.2 Å². The van der Waals surface area contributed by atoms with Crippen molar-refractivity contribution in [3.63, 3.8) is 0 Å². The van der Waals surface area contributed by atoms with Crippen molar-refractivity contribution < 1.29 is 25.2 Å². The van der Waals surface area contributed by atoms with Crippen LogP contribution in [0.5, 0.6) is 0 Å². The van der Waals surface area contributed by atoms with E-state index in [1.165, 1.54) is 185 Å². The van der Waals surface area contributed by atoms with Gasteiger partial charge in [0.2, 0.25) is 0 Å². The van der Waals surface area contributed by atoms with Crippen molar-refractivity contribution in [3.8, 4) is 0 Å². The molecule has 0 aromatic rings. The van der Waals surface area contributed by atoms with E-state index in [0.717, 1.165) is 79.1 Å². The van der Waals surface area contributed by atoms with E-state index >= 15 is 0 Å². The molecule has 2 bridgehead atoms. The maximum atomic E-state index is 10.9. The Morgan fingerprint density at radius 1 is 0.347 bits per heavy atom. The quantitative estimate of drug-likeness (QED) is 0.211. The molecule has 16 fully saturated rings. The molecule has 16 aliphatic rings. The fraction of sp³-hybridized carbons (Fsp3) is 0.956. The average molecular weight is 1310 g/mol. The van der Waals surface area contributed by atoms with Crippen molar-refractivity contribution in [1.82, 2.24) is 0 Å². The molecule has 540 valence electrons. The molecule has 1 aliphatic heterocycles. The molecule has 5 heteroatoms. The van der Waals surface area contributed by atoms with Crippen LogP contribution < -0.4 is 0 Å². The smallest absolute Gasteiger partial charge is 0.0663 e. The number of hydrogen-bond acceptors (Lipinski definition) is 5. The highest BCUT2D eigenvalue weighted by atomic mass is 16.5. The summed E-state index contributed by atoms with van der Waals surface area (Å²) in [6.45, 7) is 60.9. The number of rotatable bonds is 3. The van der Waals surface area contributed by atoms with Gasteiger partial charge in [-0.25, -0.2) is 0 Å². The van der Waals surface area contributed by atoms with Crippen molar-refractivity contribution in [3.05, 3.63) is 24.3 Å². The summed E-state index contributed by atoms with van der Waals surface area (Å²) in [5.74, 6) is 10.4. The van der Waals surface area contributed by atoms with E-state index in [2.05, 4.69) is 152 Å². The van der Waals surface area contributed by atoms with Gasteiger partial charge in [0, 0.05) is 6.61 Å². The van der Waals surface area contributed by atoms with E-state index in [0.29, 0.717) is 107 Å². The minimum absolute atomic E-state index is 0.0290. The number of aliphatic hydroxyl groups excluding tert-OH is 4. The predicted molar refractivity (Wildman–Crippen MR) is 393 cm³/mol. The molecule has 15 aliphatic carbocycles. The van der Waals surface area contributed by atoms with Crippen LogP contribution in [0.4, 0.5) is 0 Å². The second kappa shape index (κ2) is 22.4. The fourth-order valence-corrected chi connectivity index (χ4v) is 35.0. The van der Waals surface area contributed by atoms with Crippen LogP contribution in [0.2, 0.25) is 0 Å². The molecule has 4 N–H and O–H groups in total. The first kappa shape index (κ1) is 71.3. The number of allylic oxidation sites excluding steroid dienone is 2. The highest BCUT2D eigenvalue weighted by Gasteiger charge is 2.76. The minimum Gasteiger partial charge on any atom is -0.396 e. The molecule has 30 atom stereocenters. The molecule has 5 nitrogen and oxygen atoms in total. The molecule has 0 radical (unpaired) electrons. The van der Waals surface area contributed by atoms with E-state index in [-0.39, 0.29) is 40.0 Å². The van der Waals surface area contributed by atoms with Gasteiger partial charge in [-0.15, -0.1) is 0 Å². The highest BCUT2D eigenvalue weighted by Crippen LogP contribution is 2.82. The Morgan fingerprint density at radius 3 is 1.14 bits per heavy atom. The molecule has 0 spiro atoms. The van der Waals surface area contributed by atoms with Crippen LogP contribution in [-0.2, 0) is 4.74 Å². The Labute approximate surface area is 584 Å². The van der Waals surface area contributed by atoms with Crippen LogP contribution in [0, 0.1) is 169 Å². The van der Waals surface area contributed by atoms with Crippen LogP contribution in [-0.4, -0.2) is 58.1 Å². The van der Waals surface area contributed by atoms with Gasteiger partial charge in [0.1, 0.15) is 0 Å². The highest BCUT2D eigenvalue weighted by molar-refractivity contribution is 5.26. The maximum Gasteiger partial charge on any atom is 0.0663 e. The summed E-state index contributed by atoms with van der Waals surface area (Å²) < 4.78 is 6.71. The molecular formula is C90H150O5. The molecule has 1 heterocycles. The lowest BCUT2D eigenvalue weighted by Gasteiger charge is -2.73. The normalized spacial score (nSPS) is 58.1. The number of hydrogen-bond donors (Lipinski definition) is 4. The summed E-state index contributed by atoms with van der Waals surface area (Å²) in [7, 11) is 0. The lowest BCUT2D eigenvalue weighted by Crippen LogP contribution is -2.67. The summed E-state index contributed by atoms with van der Waals surface area (Å²) in [6, 6.07) is 0. The average Bonchev–Trinajstić information content (AvgIpc) is 1.60. The molecule has 0 aromatic heterocycles. The fourth-order valence-electron chi connectivity index (χ4n) is 35.0. The lowest BCUT2D eigenvalue weighted by atomic mass is 9.31. The zero-order valence-electron chi connectivity index (χ0n) is 65.6. The van der Waals surface area contributed by atoms with Gasteiger partial charge < -0.3 is 25.2 Å². The van der Waals surface area contributed by atoms with Gasteiger partial charge in [-0.2, -0.15) is 0 Å². The van der Waals surface area contributed by atoms with E-state index < -0.39 is 0 Å². The zero-order chi connectivity index (χ0) is 68.9. The number of aliphatic hydroxyl groups is 4. The summed E-state index contributed by atoms with van der Waals surface area (Å²) in [4.78, 5) is 0. The third-order valence-corrected chi connectivity index (χ3v) is 41.1. The van der Waals surface area contributed by atoms with Crippen molar-refractivity contribution >= 4 is 0 Å². The lowest BCUT2D eigenvalue weighted by molar-refractivity contribution is -0.252. The largest absolute Gasteiger partial charge is 0.396 e. The maximum absolute atomic E-state index is 10.9. The van der Waals surface area contributed by atoms with E-state index in [1.54, 1.807) is 0 Å². The molecule has 0 aromatic carbocycles. The second-order valence-electron chi connectivity index (χ2n) is 45.0. The molecule has 15 saturated carbocycles. The van der Waals surface area contributed by atoms with E-state index in [1.807, 2.05) is 0 Å². The van der Waals surface area contributed by atoms with Crippen molar-refractivity contribution in [1.29, 1.82) is 0 Å². The third kappa shape index (κ3) is 9.22. The number of ether oxygens (including phenoxy) is 1. The molecule has 95 heavy (non-hydrogen) atoms. The third-order valence-electron chi connectivity index (χ3n) is 41.1. The predicted octanol–water partition coefficient (Wildman–Crippen LogP) is 22.3. The van der Waals surface area contributed by atoms with Crippen LogP contribution in [0.3, 0.4) is 0 Å².